The molecule has 70 heavy (non-hydrogen) atoms. The van der Waals surface area contributed by atoms with Gasteiger partial charge in [-0.25, -0.2) is 0 Å². The van der Waals surface area contributed by atoms with E-state index in [2.05, 4.69) is 267 Å². The second-order valence-electron chi connectivity index (χ2n) is 18.3. The first-order chi connectivity index (χ1) is 34.6. The highest BCUT2D eigenvalue weighted by atomic mass is 14.7. The maximum Gasteiger partial charge on any atom is 0.0780 e. The van der Waals surface area contributed by atoms with E-state index in [0.717, 1.165) is 44.5 Å². The Kier molecular flexibility index (Phi) is 10.3. The maximum absolute atomic E-state index is 4.96. The summed E-state index contributed by atoms with van der Waals surface area (Å²) in [5, 5.41) is 9.66. The van der Waals surface area contributed by atoms with Crippen molar-refractivity contribution in [1.82, 2.24) is 4.98 Å². The van der Waals surface area contributed by atoms with Crippen molar-refractivity contribution in [1.29, 1.82) is 0 Å². The average molecular weight is 888 g/mol. The fraction of sp³-hybridized carbons (Fsp3) is 0. The van der Waals surface area contributed by atoms with E-state index in [1.165, 1.54) is 87.8 Å². The zero-order chi connectivity index (χ0) is 46.4. The normalized spacial score (nSPS) is 11.4. The fourth-order valence-corrected chi connectivity index (χ4v) is 10.5. The molecule has 0 radical (unpaired) electrons. The van der Waals surface area contributed by atoms with Crippen molar-refractivity contribution in [2.75, 3.05) is 0 Å². The first-order valence-corrected chi connectivity index (χ1v) is 24.1. The van der Waals surface area contributed by atoms with Crippen molar-refractivity contribution in [3.63, 3.8) is 0 Å². The third-order valence-electron chi connectivity index (χ3n) is 14.0. The van der Waals surface area contributed by atoms with Crippen molar-refractivity contribution < 1.29 is 0 Å². The molecule has 0 saturated carbocycles. The molecule has 1 aromatic heterocycles. The number of pyridine rings is 1. The van der Waals surface area contributed by atoms with Gasteiger partial charge < -0.3 is 0 Å². The third-order valence-corrected chi connectivity index (χ3v) is 14.0. The molecular formula is C69H45N. The summed E-state index contributed by atoms with van der Waals surface area (Å²) in [7, 11) is 0. The van der Waals surface area contributed by atoms with Gasteiger partial charge in [-0.1, -0.05) is 194 Å². The monoisotopic (exact) mass is 887 g/mol. The molecule has 0 bridgehead atoms. The van der Waals surface area contributed by atoms with E-state index in [-0.39, 0.29) is 0 Å². The lowest BCUT2D eigenvalue weighted by atomic mass is 9.86. The van der Waals surface area contributed by atoms with Crippen LogP contribution in [0.4, 0.5) is 0 Å². The lowest BCUT2D eigenvalue weighted by Gasteiger charge is -2.18. The molecule has 0 atom stereocenters. The van der Waals surface area contributed by atoms with Gasteiger partial charge >= 0.3 is 0 Å². The molecule has 13 rings (SSSR count). The van der Waals surface area contributed by atoms with Gasteiger partial charge in [0.2, 0.25) is 0 Å². The lowest BCUT2D eigenvalue weighted by Crippen LogP contribution is -1.92. The third kappa shape index (κ3) is 7.70. The van der Waals surface area contributed by atoms with Crippen molar-refractivity contribution >= 4 is 43.1 Å². The average Bonchev–Trinajstić information content (AvgIpc) is 3.44. The minimum Gasteiger partial charge on any atom is -0.256 e. The molecule has 0 spiro atoms. The molecule has 1 heterocycles. The highest BCUT2D eigenvalue weighted by molar-refractivity contribution is 6.09. The second-order valence-corrected chi connectivity index (χ2v) is 18.3. The molecule has 0 amide bonds. The fourth-order valence-electron chi connectivity index (χ4n) is 10.5. The van der Waals surface area contributed by atoms with E-state index in [1.807, 2.05) is 6.20 Å². The summed E-state index contributed by atoms with van der Waals surface area (Å²) in [6.07, 6.45) is 1.92. The number of benzene rings is 12. The molecular weight excluding hydrogens is 843 g/mol. The summed E-state index contributed by atoms with van der Waals surface area (Å²) in [5.41, 5.74) is 18.5. The molecule has 0 aliphatic heterocycles. The Morgan fingerprint density at radius 1 is 0.186 bits per heavy atom. The van der Waals surface area contributed by atoms with E-state index in [1.54, 1.807) is 0 Å². The van der Waals surface area contributed by atoms with Gasteiger partial charge in [0.05, 0.1) is 5.69 Å². The number of nitrogens with zero attached hydrogens (tertiary/aromatic N) is 1. The Bertz CT molecular complexity index is 4050. The number of hydrogen-bond donors (Lipinski definition) is 0. The maximum atomic E-state index is 4.96. The van der Waals surface area contributed by atoms with Gasteiger partial charge in [-0.2, -0.15) is 0 Å². The quantitative estimate of drug-likeness (QED) is 0.148. The molecule has 0 saturated heterocycles. The van der Waals surface area contributed by atoms with E-state index >= 15 is 0 Å². The topological polar surface area (TPSA) is 12.9 Å². The van der Waals surface area contributed by atoms with Crippen LogP contribution in [-0.2, 0) is 0 Å². The van der Waals surface area contributed by atoms with Gasteiger partial charge in [-0.05, 0) is 188 Å². The zero-order valence-corrected chi connectivity index (χ0v) is 38.4. The van der Waals surface area contributed by atoms with Crippen LogP contribution in [0.25, 0.3) is 132 Å². The minimum absolute atomic E-state index is 0.981. The molecule has 0 aliphatic rings. The van der Waals surface area contributed by atoms with Crippen LogP contribution in [0.1, 0.15) is 0 Å². The summed E-state index contributed by atoms with van der Waals surface area (Å²) in [6.45, 7) is 0. The van der Waals surface area contributed by atoms with Crippen LogP contribution in [0.15, 0.2) is 273 Å². The van der Waals surface area contributed by atoms with E-state index in [9.17, 15) is 0 Å². The standard InChI is InChI=1S/C69H45N/c1-3-15-46(16-4-1)57-38-58(47-17-5-2-6-18-47)40-60(39-57)61-41-59(53-24-13-25-56(37-53)69-65-26-12-11-21-50(65)33-34-70-69)42-63(43-61)67-44-62(54-31-29-48-19-7-9-22-51(48)35-54)45-68-64(27-14-28-66(67)68)55-32-30-49-20-8-10-23-52(49)36-55/h1-45H. The Labute approximate surface area is 408 Å². The predicted octanol–water partition coefficient (Wildman–Crippen LogP) is 19.0. The van der Waals surface area contributed by atoms with Crippen LogP contribution in [0.5, 0.6) is 0 Å². The van der Waals surface area contributed by atoms with Crippen molar-refractivity contribution in [2.45, 2.75) is 0 Å². The van der Waals surface area contributed by atoms with Crippen LogP contribution in [0.2, 0.25) is 0 Å². The van der Waals surface area contributed by atoms with Gasteiger partial charge in [0.1, 0.15) is 0 Å². The molecule has 326 valence electrons. The van der Waals surface area contributed by atoms with E-state index in [4.69, 9.17) is 4.98 Å². The Morgan fingerprint density at radius 3 is 1.30 bits per heavy atom. The molecule has 1 heteroatoms. The molecule has 13 aromatic rings. The molecule has 0 N–H and O–H groups in total. The van der Waals surface area contributed by atoms with Gasteiger partial charge in [0, 0.05) is 17.1 Å². The summed E-state index contributed by atoms with van der Waals surface area (Å²) < 4.78 is 0. The van der Waals surface area contributed by atoms with Crippen LogP contribution in [0.3, 0.4) is 0 Å². The largest absolute Gasteiger partial charge is 0.256 e. The van der Waals surface area contributed by atoms with Gasteiger partial charge in [-0.3, -0.25) is 4.98 Å². The summed E-state index contributed by atoms with van der Waals surface area (Å²) in [4.78, 5) is 4.96. The zero-order valence-electron chi connectivity index (χ0n) is 38.4. The molecule has 1 nitrogen and oxygen atoms in total. The first kappa shape index (κ1) is 41.1. The summed E-state index contributed by atoms with van der Waals surface area (Å²) in [5.74, 6) is 0. The van der Waals surface area contributed by atoms with E-state index in [0.29, 0.717) is 0 Å². The van der Waals surface area contributed by atoms with Crippen LogP contribution >= 0.6 is 0 Å². The Morgan fingerprint density at radius 2 is 0.629 bits per heavy atom. The Hall–Kier alpha value is -9.17. The van der Waals surface area contributed by atoms with E-state index < -0.39 is 0 Å². The smallest absolute Gasteiger partial charge is 0.0780 e. The van der Waals surface area contributed by atoms with Crippen molar-refractivity contribution in [3.05, 3.63) is 273 Å². The number of aromatic nitrogens is 1. The van der Waals surface area contributed by atoms with Crippen LogP contribution in [-0.4, -0.2) is 4.98 Å². The summed E-state index contributed by atoms with van der Waals surface area (Å²) >= 11 is 0. The van der Waals surface area contributed by atoms with Gasteiger partial charge in [-0.15, -0.1) is 0 Å². The number of rotatable bonds is 8. The van der Waals surface area contributed by atoms with Gasteiger partial charge in [0.15, 0.2) is 0 Å². The number of fused-ring (bicyclic) bond motifs is 4. The van der Waals surface area contributed by atoms with Gasteiger partial charge in [0.25, 0.3) is 0 Å². The lowest BCUT2D eigenvalue weighted by molar-refractivity contribution is 1.36. The molecule has 0 unspecified atom stereocenters. The SMILES string of the molecule is c1ccc(-c2cc(-c3ccccc3)cc(-c3cc(-c4cccc(-c5nccc6ccccc56)c4)cc(-c4cc(-c5ccc6ccccc6c5)cc5c(-c6ccc7ccccc7c6)cccc45)c3)c2)cc1. The Balaban J connectivity index is 1.08. The highest BCUT2D eigenvalue weighted by Crippen LogP contribution is 2.44. The predicted molar refractivity (Wildman–Crippen MR) is 298 cm³/mol. The number of hydrogen-bond acceptors (Lipinski definition) is 1. The van der Waals surface area contributed by atoms with Crippen LogP contribution in [0, 0.1) is 0 Å². The second kappa shape index (κ2) is 17.5. The summed E-state index contributed by atoms with van der Waals surface area (Å²) in [6, 6.07) is 98.0. The molecule has 12 aromatic carbocycles. The minimum atomic E-state index is 0.981. The van der Waals surface area contributed by atoms with Crippen molar-refractivity contribution in [2.24, 2.45) is 0 Å². The first-order valence-electron chi connectivity index (χ1n) is 24.1. The van der Waals surface area contributed by atoms with Crippen molar-refractivity contribution in [3.8, 4) is 89.1 Å². The highest BCUT2D eigenvalue weighted by Gasteiger charge is 2.17. The molecule has 0 aliphatic carbocycles. The van der Waals surface area contributed by atoms with Crippen LogP contribution < -0.4 is 0 Å². The molecule has 0 fully saturated rings.